The molecule has 1 aromatic rings. The van der Waals surface area contributed by atoms with E-state index in [-0.39, 0.29) is 18.9 Å². The van der Waals surface area contributed by atoms with E-state index in [2.05, 4.69) is 10.1 Å². The lowest BCUT2D eigenvalue weighted by atomic mass is 10.1. The van der Waals surface area contributed by atoms with E-state index in [1.807, 2.05) is 0 Å². The van der Waals surface area contributed by atoms with Gasteiger partial charge >= 0.3 is 5.97 Å². The SMILES string of the molecule is COCC(CO)Nc1cc(C(=O)OC)c(F)cc1[N+](=O)[O-]. The average Bonchev–Trinajstić information content (AvgIpc) is 2.46. The van der Waals surface area contributed by atoms with Crippen molar-refractivity contribution in [2.45, 2.75) is 6.04 Å². The van der Waals surface area contributed by atoms with Gasteiger partial charge in [0.2, 0.25) is 0 Å². The summed E-state index contributed by atoms with van der Waals surface area (Å²) in [5.41, 5.74) is -1.12. The van der Waals surface area contributed by atoms with Crippen molar-refractivity contribution < 1.29 is 28.7 Å². The Morgan fingerprint density at radius 3 is 2.67 bits per heavy atom. The molecule has 0 aliphatic rings. The Kier molecular flexibility index (Phi) is 6.00. The second-order valence-electron chi connectivity index (χ2n) is 4.08. The highest BCUT2D eigenvalue weighted by Crippen LogP contribution is 2.28. The molecule has 0 fully saturated rings. The van der Waals surface area contributed by atoms with Gasteiger partial charge < -0.3 is 19.9 Å². The maximum Gasteiger partial charge on any atom is 0.340 e. The molecule has 9 heteroatoms. The molecule has 1 aromatic carbocycles. The number of ether oxygens (including phenoxy) is 2. The van der Waals surface area contributed by atoms with Crippen LogP contribution in [0.3, 0.4) is 0 Å². The van der Waals surface area contributed by atoms with Gasteiger partial charge in [-0.25, -0.2) is 9.18 Å². The summed E-state index contributed by atoms with van der Waals surface area (Å²) in [5, 5.41) is 22.7. The summed E-state index contributed by atoms with van der Waals surface area (Å²) in [6, 6.07) is 0.942. The number of nitrogens with one attached hydrogen (secondary N) is 1. The van der Waals surface area contributed by atoms with Gasteiger partial charge in [0.1, 0.15) is 11.5 Å². The predicted octanol–water partition coefficient (Wildman–Crippen LogP) is 0.940. The van der Waals surface area contributed by atoms with E-state index in [1.54, 1.807) is 0 Å². The Morgan fingerprint density at radius 2 is 2.19 bits per heavy atom. The topological polar surface area (TPSA) is 111 Å². The maximum absolute atomic E-state index is 13.7. The van der Waals surface area contributed by atoms with Gasteiger partial charge in [0.05, 0.1) is 42.9 Å². The Hall–Kier alpha value is -2.26. The third-order valence-corrected chi connectivity index (χ3v) is 2.64. The molecule has 116 valence electrons. The van der Waals surface area contributed by atoms with Gasteiger partial charge in [-0.05, 0) is 6.07 Å². The van der Waals surface area contributed by atoms with Gasteiger partial charge in [-0.15, -0.1) is 0 Å². The normalized spacial score (nSPS) is 11.8. The molecule has 1 rings (SSSR count). The van der Waals surface area contributed by atoms with E-state index in [0.29, 0.717) is 6.07 Å². The zero-order chi connectivity index (χ0) is 16.0. The van der Waals surface area contributed by atoms with Crippen molar-refractivity contribution in [1.82, 2.24) is 0 Å². The zero-order valence-corrected chi connectivity index (χ0v) is 11.5. The quantitative estimate of drug-likeness (QED) is 0.438. The van der Waals surface area contributed by atoms with E-state index in [4.69, 9.17) is 9.84 Å². The third-order valence-electron chi connectivity index (χ3n) is 2.64. The van der Waals surface area contributed by atoms with Gasteiger partial charge in [-0.3, -0.25) is 10.1 Å². The molecule has 1 unspecified atom stereocenters. The molecule has 8 nitrogen and oxygen atoms in total. The van der Waals surface area contributed by atoms with Gasteiger partial charge in [0, 0.05) is 7.11 Å². The highest BCUT2D eigenvalue weighted by Gasteiger charge is 2.23. The first-order valence-electron chi connectivity index (χ1n) is 5.87. The minimum Gasteiger partial charge on any atom is -0.465 e. The number of nitrogens with zero attached hydrogens (tertiary/aromatic N) is 1. The number of rotatable bonds is 7. The fourth-order valence-corrected chi connectivity index (χ4v) is 1.66. The van der Waals surface area contributed by atoms with Crippen molar-refractivity contribution in [3.8, 4) is 0 Å². The number of nitro groups is 1. The summed E-state index contributed by atoms with van der Waals surface area (Å²) >= 11 is 0. The predicted molar refractivity (Wildman–Crippen MR) is 70.8 cm³/mol. The van der Waals surface area contributed by atoms with E-state index in [9.17, 15) is 19.3 Å². The molecule has 0 radical (unpaired) electrons. The van der Waals surface area contributed by atoms with Crippen LogP contribution in [0.15, 0.2) is 12.1 Å². The minimum atomic E-state index is -1.06. The van der Waals surface area contributed by atoms with E-state index in [1.165, 1.54) is 7.11 Å². The lowest BCUT2D eigenvalue weighted by Gasteiger charge is -2.17. The number of carbonyl (C=O) groups is 1. The van der Waals surface area contributed by atoms with E-state index in [0.717, 1.165) is 13.2 Å². The van der Waals surface area contributed by atoms with Crippen LogP contribution >= 0.6 is 0 Å². The lowest BCUT2D eigenvalue weighted by molar-refractivity contribution is -0.384. The Balaban J connectivity index is 3.25. The lowest BCUT2D eigenvalue weighted by Crippen LogP contribution is -2.29. The first-order chi connectivity index (χ1) is 9.94. The van der Waals surface area contributed by atoms with Crippen molar-refractivity contribution in [1.29, 1.82) is 0 Å². The van der Waals surface area contributed by atoms with Crippen molar-refractivity contribution in [2.24, 2.45) is 0 Å². The van der Waals surface area contributed by atoms with Crippen molar-refractivity contribution in [3.05, 3.63) is 33.6 Å². The summed E-state index contributed by atoms with van der Waals surface area (Å²) in [5.74, 6) is -2.02. The Labute approximate surface area is 119 Å². The standard InChI is InChI=1S/C12H15FN2O6/c1-20-6-7(5-16)14-10-3-8(12(17)21-2)9(13)4-11(10)15(18)19/h3-4,7,14,16H,5-6H2,1-2H3. The van der Waals surface area contributed by atoms with Crippen LogP contribution in [0.25, 0.3) is 0 Å². The first-order valence-corrected chi connectivity index (χ1v) is 5.87. The van der Waals surface area contributed by atoms with Gasteiger partial charge in [-0.2, -0.15) is 0 Å². The summed E-state index contributed by atoms with van der Waals surface area (Å²) in [6.07, 6.45) is 0. The summed E-state index contributed by atoms with van der Waals surface area (Å²) in [7, 11) is 2.46. The number of aliphatic hydroxyl groups is 1. The fourth-order valence-electron chi connectivity index (χ4n) is 1.66. The molecular formula is C12H15FN2O6. The molecule has 0 aliphatic heterocycles. The highest BCUT2D eigenvalue weighted by atomic mass is 19.1. The Morgan fingerprint density at radius 1 is 1.52 bits per heavy atom. The number of hydrogen-bond donors (Lipinski definition) is 2. The Bertz CT molecular complexity index is 537. The molecule has 0 heterocycles. The number of aliphatic hydroxyl groups excluding tert-OH is 1. The van der Waals surface area contributed by atoms with E-state index < -0.39 is 34.0 Å². The molecule has 1 atom stereocenters. The van der Waals surface area contributed by atoms with Crippen LogP contribution in [-0.4, -0.2) is 49.5 Å². The van der Waals surface area contributed by atoms with Crippen LogP contribution < -0.4 is 5.32 Å². The first kappa shape index (κ1) is 16.8. The van der Waals surface area contributed by atoms with Crippen LogP contribution in [0.4, 0.5) is 15.8 Å². The smallest absolute Gasteiger partial charge is 0.340 e. The molecule has 2 N–H and O–H groups in total. The van der Waals surface area contributed by atoms with Gasteiger partial charge in [0.25, 0.3) is 5.69 Å². The number of halogens is 1. The van der Waals surface area contributed by atoms with Crippen LogP contribution in [0.2, 0.25) is 0 Å². The number of nitro benzene ring substituents is 1. The second-order valence-corrected chi connectivity index (χ2v) is 4.08. The van der Waals surface area contributed by atoms with Crippen molar-refractivity contribution >= 4 is 17.3 Å². The summed E-state index contributed by atoms with van der Waals surface area (Å²) in [6.45, 7) is -0.297. The number of esters is 1. The molecule has 0 saturated heterocycles. The molecule has 0 saturated carbocycles. The number of carbonyl (C=O) groups excluding carboxylic acids is 1. The monoisotopic (exact) mass is 302 g/mol. The zero-order valence-electron chi connectivity index (χ0n) is 11.5. The van der Waals surface area contributed by atoms with Gasteiger partial charge in [-0.1, -0.05) is 0 Å². The van der Waals surface area contributed by atoms with Crippen molar-refractivity contribution in [2.75, 3.05) is 32.8 Å². The molecule has 0 aliphatic carbocycles. The van der Waals surface area contributed by atoms with Gasteiger partial charge in [0.15, 0.2) is 0 Å². The minimum absolute atomic E-state index is 0.0680. The molecule has 21 heavy (non-hydrogen) atoms. The van der Waals surface area contributed by atoms with Crippen LogP contribution in [-0.2, 0) is 9.47 Å². The maximum atomic E-state index is 13.7. The second kappa shape index (κ2) is 7.50. The molecule has 0 spiro atoms. The molecule has 0 aromatic heterocycles. The fraction of sp³-hybridized carbons (Fsp3) is 0.417. The highest BCUT2D eigenvalue weighted by molar-refractivity contribution is 5.92. The van der Waals surface area contributed by atoms with E-state index >= 15 is 0 Å². The van der Waals surface area contributed by atoms with Crippen molar-refractivity contribution in [3.63, 3.8) is 0 Å². The molecular weight excluding hydrogens is 287 g/mol. The molecule has 0 amide bonds. The number of methoxy groups -OCH3 is 2. The number of benzene rings is 1. The number of hydrogen-bond acceptors (Lipinski definition) is 7. The van der Waals surface area contributed by atoms with Crippen LogP contribution in [0, 0.1) is 15.9 Å². The largest absolute Gasteiger partial charge is 0.465 e. The van der Waals surface area contributed by atoms with Crippen LogP contribution in [0.1, 0.15) is 10.4 Å². The summed E-state index contributed by atoms with van der Waals surface area (Å²) in [4.78, 5) is 21.6. The molecule has 0 bridgehead atoms. The van der Waals surface area contributed by atoms with Crippen LogP contribution in [0.5, 0.6) is 0 Å². The average molecular weight is 302 g/mol. The summed E-state index contributed by atoms with van der Waals surface area (Å²) < 4.78 is 22.9. The number of anilines is 1. The third kappa shape index (κ3) is 4.10.